The number of benzene rings is 1. The van der Waals surface area contributed by atoms with Gasteiger partial charge in [-0.2, -0.15) is 0 Å². The van der Waals surface area contributed by atoms with Crippen molar-refractivity contribution >= 4 is 0 Å². The molecule has 3 nitrogen and oxygen atoms in total. The molecule has 1 aliphatic heterocycles. The first kappa shape index (κ1) is 16.3. The zero-order valence-corrected chi connectivity index (χ0v) is 13.9. The van der Waals surface area contributed by atoms with E-state index in [1.54, 1.807) is 7.11 Å². The fraction of sp³-hybridized carbons (Fsp3) is 0.667. The molecule has 1 fully saturated rings. The van der Waals surface area contributed by atoms with Crippen LogP contribution in [0.25, 0.3) is 0 Å². The molecular formula is C18H30N2O. The number of rotatable bonds is 6. The quantitative estimate of drug-likeness (QED) is 0.871. The van der Waals surface area contributed by atoms with Crippen molar-refractivity contribution in [3.63, 3.8) is 0 Å². The molecule has 0 bridgehead atoms. The summed E-state index contributed by atoms with van der Waals surface area (Å²) in [6.45, 7) is 9.33. The number of likely N-dealkylation sites (tertiary alicyclic amines) is 1. The van der Waals surface area contributed by atoms with E-state index in [2.05, 4.69) is 43.1 Å². The van der Waals surface area contributed by atoms with Crippen molar-refractivity contribution in [3.8, 4) is 5.75 Å². The van der Waals surface area contributed by atoms with Gasteiger partial charge in [0.1, 0.15) is 5.75 Å². The van der Waals surface area contributed by atoms with Crippen molar-refractivity contribution in [2.24, 2.45) is 0 Å². The Morgan fingerprint density at radius 2 is 1.76 bits per heavy atom. The van der Waals surface area contributed by atoms with Gasteiger partial charge in [0.25, 0.3) is 0 Å². The molecule has 0 saturated carbocycles. The van der Waals surface area contributed by atoms with Crippen LogP contribution in [0.4, 0.5) is 0 Å². The molecule has 1 N–H and O–H groups in total. The van der Waals surface area contributed by atoms with E-state index in [9.17, 15) is 0 Å². The Bertz CT molecular complexity index is 408. The second-order valence-electron chi connectivity index (χ2n) is 6.52. The molecule has 1 atom stereocenters. The lowest BCUT2D eigenvalue weighted by atomic mass is 10.0. The van der Waals surface area contributed by atoms with Gasteiger partial charge in [-0.1, -0.05) is 12.1 Å². The third-order valence-corrected chi connectivity index (χ3v) is 4.48. The largest absolute Gasteiger partial charge is 0.497 e. The summed E-state index contributed by atoms with van der Waals surface area (Å²) in [5, 5.41) is 3.80. The molecule has 21 heavy (non-hydrogen) atoms. The number of hydrogen-bond donors (Lipinski definition) is 1. The van der Waals surface area contributed by atoms with E-state index >= 15 is 0 Å². The molecule has 0 aromatic heterocycles. The third-order valence-electron chi connectivity index (χ3n) is 4.48. The number of methoxy groups -OCH3 is 1. The molecule has 1 aromatic carbocycles. The molecule has 0 spiro atoms. The third kappa shape index (κ3) is 5.01. The van der Waals surface area contributed by atoms with E-state index in [-0.39, 0.29) is 0 Å². The van der Waals surface area contributed by atoms with Crippen LogP contribution in [-0.2, 0) is 6.42 Å². The van der Waals surface area contributed by atoms with Crippen molar-refractivity contribution in [2.75, 3.05) is 20.2 Å². The minimum Gasteiger partial charge on any atom is -0.497 e. The maximum Gasteiger partial charge on any atom is 0.118 e. The molecule has 118 valence electrons. The van der Waals surface area contributed by atoms with Gasteiger partial charge in [-0.3, -0.25) is 0 Å². The Hall–Kier alpha value is -1.06. The van der Waals surface area contributed by atoms with Crippen LogP contribution in [0.15, 0.2) is 24.3 Å². The average molecular weight is 290 g/mol. The Morgan fingerprint density at radius 1 is 1.14 bits per heavy atom. The fourth-order valence-corrected chi connectivity index (χ4v) is 3.16. The summed E-state index contributed by atoms with van der Waals surface area (Å²) in [6, 6.07) is 10.3. The van der Waals surface area contributed by atoms with Crippen molar-refractivity contribution in [1.82, 2.24) is 10.2 Å². The van der Waals surface area contributed by atoms with Crippen LogP contribution >= 0.6 is 0 Å². The van der Waals surface area contributed by atoms with Crippen LogP contribution < -0.4 is 10.1 Å². The summed E-state index contributed by atoms with van der Waals surface area (Å²) < 4.78 is 5.20. The van der Waals surface area contributed by atoms with Gasteiger partial charge in [0.2, 0.25) is 0 Å². The Kier molecular flexibility index (Phi) is 6.07. The fourth-order valence-electron chi connectivity index (χ4n) is 3.16. The lowest BCUT2D eigenvalue weighted by Crippen LogP contribution is -2.47. The smallest absolute Gasteiger partial charge is 0.118 e. The SMILES string of the molecule is COc1ccc(CC(C)NC2CCN(C(C)C)CC2)cc1. The minimum atomic E-state index is 0.522. The van der Waals surface area contributed by atoms with E-state index in [0.29, 0.717) is 18.1 Å². The summed E-state index contributed by atoms with van der Waals surface area (Å²) in [7, 11) is 1.71. The van der Waals surface area contributed by atoms with Crippen molar-refractivity contribution in [3.05, 3.63) is 29.8 Å². The van der Waals surface area contributed by atoms with Gasteiger partial charge in [0.15, 0.2) is 0 Å². The van der Waals surface area contributed by atoms with Crippen LogP contribution in [0.1, 0.15) is 39.2 Å². The monoisotopic (exact) mass is 290 g/mol. The van der Waals surface area contributed by atoms with Crippen LogP contribution in [0.3, 0.4) is 0 Å². The Balaban J connectivity index is 1.75. The van der Waals surface area contributed by atoms with Gasteiger partial charge >= 0.3 is 0 Å². The van der Waals surface area contributed by atoms with E-state index in [0.717, 1.165) is 12.2 Å². The normalized spacial score (nSPS) is 18.9. The lowest BCUT2D eigenvalue weighted by molar-refractivity contribution is 0.157. The second kappa shape index (κ2) is 7.81. The standard InChI is InChI=1S/C18H30N2O/c1-14(2)20-11-9-17(10-12-20)19-15(3)13-16-5-7-18(21-4)8-6-16/h5-8,14-15,17,19H,9-13H2,1-4H3. The summed E-state index contributed by atoms with van der Waals surface area (Å²) >= 11 is 0. The lowest BCUT2D eigenvalue weighted by Gasteiger charge is -2.36. The predicted molar refractivity (Wildman–Crippen MR) is 89.0 cm³/mol. The van der Waals surface area contributed by atoms with Gasteiger partial charge < -0.3 is 15.0 Å². The topological polar surface area (TPSA) is 24.5 Å². The molecule has 1 unspecified atom stereocenters. The van der Waals surface area contributed by atoms with Crippen LogP contribution in [0, 0.1) is 0 Å². The highest BCUT2D eigenvalue weighted by Gasteiger charge is 2.21. The van der Waals surface area contributed by atoms with E-state index in [4.69, 9.17) is 4.74 Å². The summed E-state index contributed by atoms with van der Waals surface area (Å²) in [4.78, 5) is 2.58. The molecule has 1 aromatic rings. The number of hydrogen-bond acceptors (Lipinski definition) is 3. The molecule has 0 amide bonds. The molecule has 3 heteroatoms. The minimum absolute atomic E-state index is 0.522. The van der Waals surface area contributed by atoms with Crippen molar-refractivity contribution in [2.45, 2.75) is 58.2 Å². The zero-order chi connectivity index (χ0) is 15.2. The van der Waals surface area contributed by atoms with Gasteiger partial charge in [-0.25, -0.2) is 0 Å². The summed E-state index contributed by atoms with van der Waals surface area (Å²) in [5.41, 5.74) is 1.37. The van der Waals surface area contributed by atoms with Gasteiger partial charge in [0.05, 0.1) is 7.11 Å². The number of nitrogens with one attached hydrogen (secondary N) is 1. The number of ether oxygens (including phenoxy) is 1. The highest BCUT2D eigenvalue weighted by Crippen LogP contribution is 2.16. The van der Waals surface area contributed by atoms with E-state index < -0.39 is 0 Å². The molecule has 0 radical (unpaired) electrons. The zero-order valence-electron chi connectivity index (χ0n) is 13.9. The van der Waals surface area contributed by atoms with Crippen LogP contribution in [0.2, 0.25) is 0 Å². The number of nitrogens with zero attached hydrogens (tertiary/aromatic N) is 1. The molecule has 1 aliphatic rings. The number of piperidine rings is 1. The molecule has 2 rings (SSSR count). The molecular weight excluding hydrogens is 260 g/mol. The van der Waals surface area contributed by atoms with Gasteiger partial charge in [-0.05, 0) is 70.8 Å². The Labute approximate surface area is 129 Å². The van der Waals surface area contributed by atoms with Crippen molar-refractivity contribution in [1.29, 1.82) is 0 Å². The highest BCUT2D eigenvalue weighted by molar-refractivity contribution is 5.27. The molecule has 0 aliphatic carbocycles. The maximum absolute atomic E-state index is 5.20. The van der Waals surface area contributed by atoms with E-state index in [1.807, 2.05) is 12.1 Å². The van der Waals surface area contributed by atoms with Gasteiger partial charge in [0, 0.05) is 18.1 Å². The van der Waals surface area contributed by atoms with Gasteiger partial charge in [-0.15, -0.1) is 0 Å². The molecule has 1 saturated heterocycles. The summed E-state index contributed by atoms with van der Waals surface area (Å²) in [5.74, 6) is 0.931. The first-order valence-corrected chi connectivity index (χ1v) is 8.21. The average Bonchev–Trinajstić information content (AvgIpc) is 2.48. The summed E-state index contributed by atoms with van der Waals surface area (Å²) in [6.07, 6.45) is 3.62. The van der Waals surface area contributed by atoms with Crippen LogP contribution in [0.5, 0.6) is 5.75 Å². The van der Waals surface area contributed by atoms with E-state index in [1.165, 1.54) is 31.5 Å². The second-order valence-corrected chi connectivity index (χ2v) is 6.52. The first-order chi connectivity index (χ1) is 10.1. The first-order valence-electron chi connectivity index (χ1n) is 8.21. The maximum atomic E-state index is 5.20. The van der Waals surface area contributed by atoms with Crippen molar-refractivity contribution < 1.29 is 4.74 Å². The predicted octanol–water partition coefficient (Wildman–Crippen LogP) is 3.09. The highest BCUT2D eigenvalue weighted by atomic mass is 16.5. The Morgan fingerprint density at radius 3 is 2.29 bits per heavy atom. The van der Waals surface area contributed by atoms with Crippen LogP contribution in [-0.4, -0.2) is 43.2 Å². The molecule has 1 heterocycles.